The van der Waals surface area contributed by atoms with Crippen molar-refractivity contribution in [3.63, 3.8) is 0 Å². The average molecular weight is 312 g/mol. The van der Waals surface area contributed by atoms with E-state index in [1.165, 1.54) is 4.90 Å². The van der Waals surface area contributed by atoms with Crippen molar-refractivity contribution >= 4 is 11.9 Å². The molecule has 3 fully saturated rings. The molecule has 8 nitrogen and oxygen atoms in total. The van der Waals surface area contributed by atoms with Gasteiger partial charge in [-0.1, -0.05) is 0 Å². The van der Waals surface area contributed by atoms with Gasteiger partial charge in [-0.15, -0.1) is 0 Å². The van der Waals surface area contributed by atoms with Gasteiger partial charge in [0.25, 0.3) is 0 Å². The van der Waals surface area contributed by atoms with Crippen LogP contribution < -0.4 is 5.32 Å². The number of likely N-dealkylation sites (tertiary alicyclic amines) is 2. The first-order valence-electron chi connectivity index (χ1n) is 7.82. The molecule has 4 unspecified atom stereocenters. The molecule has 22 heavy (non-hydrogen) atoms. The summed E-state index contributed by atoms with van der Waals surface area (Å²) < 4.78 is 0. The first-order chi connectivity index (χ1) is 10.5. The summed E-state index contributed by atoms with van der Waals surface area (Å²) in [5, 5.41) is 33.9. The van der Waals surface area contributed by atoms with E-state index in [1.54, 1.807) is 0 Å². The molecule has 3 aliphatic heterocycles. The zero-order chi connectivity index (χ0) is 15.9. The number of carbonyl (C=O) groups is 2. The Labute approximate surface area is 128 Å². The largest absolute Gasteiger partial charge is 0.480 e. The lowest BCUT2D eigenvalue weighted by Crippen LogP contribution is -2.70. The van der Waals surface area contributed by atoms with Crippen LogP contribution in [0.1, 0.15) is 25.7 Å². The van der Waals surface area contributed by atoms with E-state index in [-0.39, 0.29) is 6.54 Å². The number of hydrogen-bond acceptors (Lipinski definition) is 5. The molecule has 3 heterocycles. The number of carboxylic acids is 2. The summed E-state index contributed by atoms with van der Waals surface area (Å²) in [5.74, 6) is -2.18. The second kappa shape index (κ2) is 5.77. The Bertz CT molecular complexity index is 467. The van der Waals surface area contributed by atoms with Crippen molar-refractivity contribution in [2.24, 2.45) is 0 Å². The van der Waals surface area contributed by atoms with Crippen LogP contribution in [-0.4, -0.2) is 87.1 Å². The SMILES string of the molecule is O=C(O)C1CCCN1C1(C(=O)O)[N]CC(O)C1N1CCCC1. The summed E-state index contributed by atoms with van der Waals surface area (Å²) in [7, 11) is 0. The highest BCUT2D eigenvalue weighted by Gasteiger charge is 2.63. The molecule has 0 aliphatic carbocycles. The molecule has 0 aromatic heterocycles. The van der Waals surface area contributed by atoms with Gasteiger partial charge in [0.2, 0.25) is 5.66 Å². The Kier molecular flexibility index (Phi) is 4.11. The van der Waals surface area contributed by atoms with Crippen LogP contribution in [0.15, 0.2) is 0 Å². The predicted octanol–water partition coefficient (Wildman–Crippen LogP) is -1.24. The molecule has 3 aliphatic rings. The van der Waals surface area contributed by atoms with Crippen LogP contribution in [0.3, 0.4) is 0 Å². The molecule has 4 atom stereocenters. The van der Waals surface area contributed by atoms with Crippen LogP contribution in [0.2, 0.25) is 0 Å². The summed E-state index contributed by atoms with van der Waals surface area (Å²) >= 11 is 0. The van der Waals surface area contributed by atoms with Crippen molar-refractivity contribution in [3.8, 4) is 0 Å². The molecule has 0 saturated carbocycles. The number of rotatable bonds is 4. The second-order valence-corrected chi connectivity index (χ2v) is 6.32. The molecule has 1 radical (unpaired) electrons. The van der Waals surface area contributed by atoms with Crippen LogP contribution >= 0.6 is 0 Å². The fraction of sp³-hybridized carbons (Fsp3) is 0.857. The van der Waals surface area contributed by atoms with E-state index in [0.717, 1.165) is 25.9 Å². The first kappa shape index (κ1) is 15.7. The van der Waals surface area contributed by atoms with Gasteiger partial charge in [-0.25, -0.2) is 10.1 Å². The Morgan fingerprint density at radius 3 is 2.36 bits per heavy atom. The topological polar surface area (TPSA) is 115 Å². The lowest BCUT2D eigenvalue weighted by Gasteiger charge is -2.44. The Morgan fingerprint density at radius 1 is 1.09 bits per heavy atom. The maximum Gasteiger partial charge on any atom is 0.342 e. The van der Waals surface area contributed by atoms with Gasteiger partial charge in [0.15, 0.2) is 0 Å². The third kappa shape index (κ3) is 2.21. The van der Waals surface area contributed by atoms with E-state index >= 15 is 0 Å². The molecular weight excluding hydrogens is 290 g/mol. The van der Waals surface area contributed by atoms with Gasteiger partial charge < -0.3 is 15.3 Å². The zero-order valence-electron chi connectivity index (χ0n) is 12.4. The van der Waals surface area contributed by atoms with E-state index < -0.39 is 35.8 Å². The highest BCUT2D eigenvalue weighted by Crippen LogP contribution is 2.37. The van der Waals surface area contributed by atoms with Crippen LogP contribution in [-0.2, 0) is 9.59 Å². The lowest BCUT2D eigenvalue weighted by molar-refractivity contribution is -0.165. The van der Waals surface area contributed by atoms with Crippen molar-refractivity contribution < 1.29 is 24.9 Å². The highest BCUT2D eigenvalue weighted by molar-refractivity contribution is 5.82. The molecule has 123 valence electrons. The third-order valence-corrected chi connectivity index (χ3v) is 5.12. The maximum atomic E-state index is 12.1. The summed E-state index contributed by atoms with van der Waals surface area (Å²) in [6.45, 7) is 1.86. The minimum Gasteiger partial charge on any atom is -0.480 e. The quantitative estimate of drug-likeness (QED) is 0.594. The number of nitrogens with zero attached hydrogens (tertiary/aromatic N) is 3. The molecule has 0 bridgehead atoms. The lowest BCUT2D eigenvalue weighted by atomic mass is 9.95. The molecule has 0 aromatic rings. The Balaban J connectivity index is 1.99. The number of carboxylic acid groups (broad SMARTS) is 2. The van der Waals surface area contributed by atoms with Crippen LogP contribution in [0.4, 0.5) is 0 Å². The maximum absolute atomic E-state index is 12.1. The first-order valence-corrected chi connectivity index (χ1v) is 7.82. The fourth-order valence-electron chi connectivity index (χ4n) is 4.22. The predicted molar refractivity (Wildman–Crippen MR) is 75.3 cm³/mol. The molecule has 0 spiro atoms. The molecule has 3 rings (SSSR count). The van der Waals surface area contributed by atoms with Crippen molar-refractivity contribution in [3.05, 3.63) is 0 Å². The number of aliphatic hydroxyl groups is 1. The third-order valence-electron chi connectivity index (χ3n) is 5.12. The molecular formula is C14H22N3O5. The van der Waals surface area contributed by atoms with Crippen molar-refractivity contribution in [2.75, 3.05) is 26.2 Å². The van der Waals surface area contributed by atoms with E-state index in [2.05, 4.69) is 5.32 Å². The van der Waals surface area contributed by atoms with E-state index in [0.29, 0.717) is 19.4 Å². The molecule has 0 amide bonds. The normalized spacial score (nSPS) is 40.3. The van der Waals surface area contributed by atoms with Gasteiger partial charge in [-0.2, -0.15) is 0 Å². The Morgan fingerprint density at radius 2 is 1.77 bits per heavy atom. The van der Waals surface area contributed by atoms with Gasteiger partial charge in [0, 0.05) is 13.1 Å². The van der Waals surface area contributed by atoms with E-state index in [9.17, 15) is 24.9 Å². The minimum absolute atomic E-state index is 0.0380. The van der Waals surface area contributed by atoms with Crippen LogP contribution in [0.25, 0.3) is 0 Å². The van der Waals surface area contributed by atoms with Crippen LogP contribution in [0.5, 0.6) is 0 Å². The van der Waals surface area contributed by atoms with Gasteiger partial charge in [0.05, 0.1) is 12.1 Å². The van der Waals surface area contributed by atoms with Crippen LogP contribution in [0, 0.1) is 0 Å². The van der Waals surface area contributed by atoms with Crippen molar-refractivity contribution in [2.45, 2.75) is 49.5 Å². The van der Waals surface area contributed by atoms with Crippen molar-refractivity contribution in [1.29, 1.82) is 0 Å². The van der Waals surface area contributed by atoms with E-state index in [1.807, 2.05) is 4.90 Å². The number of aliphatic carboxylic acids is 2. The van der Waals surface area contributed by atoms with E-state index in [4.69, 9.17) is 0 Å². The number of hydrogen-bond donors (Lipinski definition) is 3. The molecule has 8 heteroatoms. The molecule has 3 N–H and O–H groups in total. The van der Waals surface area contributed by atoms with Crippen molar-refractivity contribution in [1.82, 2.24) is 15.1 Å². The summed E-state index contributed by atoms with van der Waals surface area (Å²) in [6, 6.07) is -1.53. The fourth-order valence-corrected chi connectivity index (χ4v) is 4.22. The van der Waals surface area contributed by atoms with Gasteiger partial charge >= 0.3 is 11.9 Å². The standard InChI is InChI=1S/C14H22N3O5/c18-10-8-15-14(13(21)22,11(10)16-5-1-2-6-16)17-7-3-4-9(17)12(19)20/h9-11,18H,1-8H2,(H,19,20)(H,21,22). The summed E-state index contributed by atoms with van der Waals surface area (Å²) in [6.07, 6.45) is 2.10. The highest BCUT2D eigenvalue weighted by atomic mass is 16.4. The van der Waals surface area contributed by atoms with Gasteiger partial charge in [-0.3, -0.25) is 14.6 Å². The summed E-state index contributed by atoms with van der Waals surface area (Å²) in [5.41, 5.74) is -1.65. The number of aliphatic hydroxyl groups excluding tert-OH is 1. The van der Waals surface area contributed by atoms with Gasteiger partial charge in [-0.05, 0) is 38.8 Å². The zero-order valence-corrected chi connectivity index (χ0v) is 12.4. The summed E-state index contributed by atoms with van der Waals surface area (Å²) in [4.78, 5) is 27.1. The second-order valence-electron chi connectivity index (χ2n) is 6.32. The Hall–Kier alpha value is -1.22. The smallest absolute Gasteiger partial charge is 0.342 e. The van der Waals surface area contributed by atoms with Gasteiger partial charge in [0.1, 0.15) is 6.04 Å². The monoisotopic (exact) mass is 312 g/mol. The molecule has 0 aromatic carbocycles. The average Bonchev–Trinajstić information content (AvgIpc) is 3.16. The minimum atomic E-state index is -1.65. The molecule has 3 saturated heterocycles.